The van der Waals surface area contributed by atoms with Crippen LogP contribution >= 0.6 is 0 Å². The van der Waals surface area contributed by atoms with E-state index in [-0.39, 0.29) is 17.1 Å². The van der Waals surface area contributed by atoms with Crippen LogP contribution in [0.2, 0.25) is 0 Å². The highest BCUT2D eigenvalue weighted by Gasteiger charge is 2.17. The van der Waals surface area contributed by atoms with E-state index in [0.717, 1.165) is 18.2 Å². The molecule has 0 bridgehead atoms. The van der Waals surface area contributed by atoms with Gasteiger partial charge >= 0.3 is 5.69 Å². The summed E-state index contributed by atoms with van der Waals surface area (Å²) in [6, 6.07) is 8.78. The van der Waals surface area contributed by atoms with Crippen molar-refractivity contribution in [2.45, 2.75) is 0 Å². The Morgan fingerprint density at radius 1 is 1.25 bits per heavy atom. The van der Waals surface area contributed by atoms with Crippen LogP contribution in [-0.2, 0) is 0 Å². The second-order valence-electron chi connectivity index (χ2n) is 3.86. The summed E-state index contributed by atoms with van der Waals surface area (Å²) in [5, 5.41) is 10.8. The number of nitro benzene ring substituents is 1. The smallest absolute Gasteiger partial charge is 0.314 e. The summed E-state index contributed by atoms with van der Waals surface area (Å²) in [5.74, 6) is -1.33. The molecule has 0 aliphatic rings. The van der Waals surface area contributed by atoms with E-state index in [4.69, 9.17) is 10.5 Å². The SMILES string of the molecule is NC(=O)c1cccc(Oc2ccc(F)cc2[N+](=O)[O-])c1. The van der Waals surface area contributed by atoms with Crippen LogP contribution in [0.5, 0.6) is 11.5 Å². The number of halogens is 1. The standard InChI is InChI=1S/C13H9FN2O4/c14-9-4-5-12(11(7-9)16(18)19)20-10-3-1-2-8(6-10)13(15)17/h1-7H,(H2,15,17). The number of carbonyl (C=O) groups excluding carboxylic acids is 1. The van der Waals surface area contributed by atoms with Gasteiger partial charge in [0.05, 0.1) is 11.0 Å². The van der Waals surface area contributed by atoms with Crippen molar-refractivity contribution < 1.29 is 18.8 Å². The lowest BCUT2D eigenvalue weighted by Gasteiger charge is -2.07. The Kier molecular flexibility index (Phi) is 3.60. The summed E-state index contributed by atoms with van der Waals surface area (Å²) in [6.45, 7) is 0. The van der Waals surface area contributed by atoms with Crippen molar-refractivity contribution in [3.8, 4) is 11.5 Å². The van der Waals surface area contributed by atoms with Crippen LogP contribution in [0.3, 0.4) is 0 Å². The molecule has 0 radical (unpaired) electrons. The summed E-state index contributed by atoms with van der Waals surface area (Å²) in [6.07, 6.45) is 0. The van der Waals surface area contributed by atoms with Crippen molar-refractivity contribution in [2.24, 2.45) is 5.73 Å². The van der Waals surface area contributed by atoms with Crippen molar-refractivity contribution in [1.29, 1.82) is 0 Å². The summed E-state index contributed by atoms with van der Waals surface area (Å²) >= 11 is 0. The minimum atomic E-state index is -0.754. The van der Waals surface area contributed by atoms with Gasteiger partial charge in [-0.3, -0.25) is 14.9 Å². The number of ether oxygens (including phenoxy) is 1. The number of amides is 1. The predicted octanol–water partition coefficient (Wildman–Crippen LogP) is 2.63. The van der Waals surface area contributed by atoms with Crippen LogP contribution in [0.25, 0.3) is 0 Å². The Bertz CT molecular complexity index is 688. The highest BCUT2D eigenvalue weighted by molar-refractivity contribution is 5.93. The third kappa shape index (κ3) is 2.89. The molecule has 2 aromatic rings. The largest absolute Gasteiger partial charge is 0.450 e. The fourth-order valence-corrected chi connectivity index (χ4v) is 1.56. The first kappa shape index (κ1) is 13.5. The molecule has 102 valence electrons. The zero-order valence-electron chi connectivity index (χ0n) is 10.1. The average molecular weight is 276 g/mol. The van der Waals surface area contributed by atoms with Gasteiger partial charge < -0.3 is 10.5 Å². The van der Waals surface area contributed by atoms with Crippen LogP contribution in [0.4, 0.5) is 10.1 Å². The molecule has 0 atom stereocenters. The van der Waals surface area contributed by atoms with Gasteiger partial charge in [0.25, 0.3) is 0 Å². The summed E-state index contributed by atoms with van der Waals surface area (Å²) in [7, 11) is 0. The van der Waals surface area contributed by atoms with Crippen LogP contribution in [-0.4, -0.2) is 10.8 Å². The number of nitrogens with two attached hydrogens (primary N) is 1. The molecule has 0 unspecified atom stereocenters. The first-order valence-corrected chi connectivity index (χ1v) is 5.49. The number of nitrogens with zero attached hydrogens (tertiary/aromatic N) is 1. The van der Waals surface area contributed by atoms with E-state index in [2.05, 4.69) is 0 Å². The van der Waals surface area contributed by atoms with Crippen molar-refractivity contribution in [3.05, 3.63) is 64.0 Å². The molecule has 0 aliphatic carbocycles. The van der Waals surface area contributed by atoms with Crippen molar-refractivity contribution >= 4 is 11.6 Å². The molecule has 0 fully saturated rings. The fourth-order valence-electron chi connectivity index (χ4n) is 1.56. The molecule has 0 saturated carbocycles. The lowest BCUT2D eigenvalue weighted by Crippen LogP contribution is -2.10. The molecular formula is C13H9FN2O4. The van der Waals surface area contributed by atoms with Gasteiger partial charge in [0.1, 0.15) is 11.6 Å². The van der Waals surface area contributed by atoms with Crippen LogP contribution in [0, 0.1) is 15.9 Å². The Labute approximate surface area is 112 Å². The quantitative estimate of drug-likeness (QED) is 0.685. The summed E-state index contributed by atoms with van der Waals surface area (Å²) in [4.78, 5) is 21.1. The van der Waals surface area contributed by atoms with Gasteiger partial charge in [-0.15, -0.1) is 0 Å². The van der Waals surface area contributed by atoms with Gasteiger partial charge in [0.15, 0.2) is 0 Å². The highest BCUT2D eigenvalue weighted by atomic mass is 19.1. The number of hydrogen-bond donors (Lipinski definition) is 1. The van der Waals surface area contributed by atoms with E-state index >= 15 is 0 Å². The lowest BCUT2D eigenvalue weighted by molar-refractivity contribution is -0.385. The van der Waals surface area contributed by atoms with Crippen LogP contribution in [0.15, 0.2) is 42.5 Å². The van der Waals surface area contributed by atoms with Crippen LogP contribution < -0.4 is 10.5 Å². The zero-order chi connectivity index (χ0) is 14.7. The van der Waals surface area contributed by atoms with Crippen molar-refractivity contribution in [2.75, 3.05) is 0 Å². The molecular weight excluding hydrogens is 267 g/mol. The Hall–Kier alpha value is -2.96. The molecule has 0 saturated heterocycles. The second-order valence-corrected chi connectivity index (χ2v) is 3.86. The fraction of sp³-hybridized carbons (Fsp3) is 0. The topological polar surface area (TPSA) is 95.5 Å². The number of rotatable bonds is 4. The third-order valence-electron chi connectivity index (χ3n) is 2.46. The van der Waals surface area contributed by atoms with Gasteiger partial charge in [-0.25, -0.2) is 4.39 Å². The second kappa shape index (κ2) is 5.35. The first-order valence-electron chi connectivity index (χ1n) is 5.49. The molecule has 6 nitrogen and oxygen atoms in total. The Morgan fingerprint density at radius 3 is 2.65 bits per heavy atom. The van der Waals surface area contributed by atoms with Crippen molar-refractivity contribution in [3.63, 3.8) is 0 Å². The number of hydrogen-bond acceptors (Lipinski definition) is 4. The van der Waals surface area contributed by atoms with Crippen molar-refractivity contribution in [1.82, 2.24) is 0 Å². The molecule has 0 aromatic heterocycles. The monoisotopic (exact) mass is 276 g/mol. The first-order chi connectivity index (χ1) is 9.47. The van der Waals surface area contributed by atoms with Gasteiger partial charge in [-0.05, 0) is 30.3 Å². The van der Waals surface area contributed by atoms with Gasteiger partial charge in [-0.1, -0.05) is 6.07 Å². The van der Waals surface area contributed by atoms with E-state index in [1.807, 2.05) is 0 Å². The minimum Gasteiger partial charge on any atom is -0.450 e. The normalized spacial score (nSPS) is 10.1. The maximum Gasteiger partial charge on any atom is 0.314 e. The maximum absolute atomic E-state index is 13.0. The van der Waals surface area contributed by atoms with E-state index in [0.29, 0.717) is 0 Å². The Morgan fingerprint density at radius 2 is 2.00 bits per heavy atom. The van der Waals surface area contributed by atoms with E-state index in [9.17, 15) is 19.3 Å². The van der Waals surface area contributed by atoms with Gasteiger partial charge in [-0.2, -0.15) is 0 Å². The van der Waals surface area contributed by atoms with Crippen LogP contribution in [0.1, 0.15) is 10.4 Å². The van der Waals surface area contributed by atoms with E-state index in [1.165, 1.54) is 24.3 Å². The Balaban J connectivity index is 2.37. The molecule has 0 heterocycles. The zero-order valence-corrected chi connectivity index (χ0v) is 10.1. The molecule has 0 spiro atoms. The summed E-state index contributed by atoms with van der Waals surface area (Å²) in [5.41, 5.74) is 4.82. The van der Waals surface area contributed by atoms with E-state index < -0.39 is 22.3 Å². The van der Waals surface area contributed by atoms with Gasteiger partial charge in [0, 0.05) is 5.56 Å². The lowest BCUT2D eigenvalue weighted by atomic mass is 10.2. The number of nitro groups is 1. The molecule has 20 heavy (non-hydrogen) atoms. The third-order valence-corrected chi connectivity index (χ3v) is 2.46. The van der Waals surface area contributed by atoms with Gasteiger partial charge in [0.2, 0.25) is 11.7 Å². The number of primary amides is 1. The molecule has 0 aliphatic heterocycles. The van der Waals surface area contributed by atoms with E-state index in [1.54, 1.807) is 0 Å². The molecule has 2 N–H and O–H groups in total. The maximum atomic E-state index is 13.0. The molecule has 2 aromatic carbocycles. The molecule has 1 amide bonds. The average Bonchev–Trinajstić information content (AvgIpc) is 2.41. The summed E-state index contributed by atoms with van der Waals surface area (Å²) < 4.78 is 18.3. The minimum absolute atomic E-state index is 0.127. The molecule has 2 rings (SSSR count). The number of benzene rings is 2. The highest BCUT2D eigenvalue weighted by Crippen LogP contribution is 2.32. The number of carbonyl (C=O) groups is 1. The molecule has 7 heteroatoms. The predicted molar refractivity (Wildman–Crippen MR) is 68.1 cm³/mol.